The third-order valence-corrected chi connectivity index (χ3v) is 4.00. The molecule has 0 saturated heterocycles. The van der Waals surface area contributed by atoms with Gasteiger partial charge >= 0.3 is 6.18 Å². The van der Waals surface area contributed by atoms with Crippen molar-refractivity contribution in [1.29, 1.82) is 0 Å². The van der Waals surface area contributed by atoms with Crippen molar-refractivity contribution in [2.45, 2.75) is 12.1 Å². The lowest BCUT2D eigenvalue weighted by Crippen LogP contribution is -2.40. The first-order valence-corrected chi connectivity index (χ1v) is 7.82. The molecule has 2 N–H and O–H groups in total. The highest BCUT2D eigenvalue weighted by Gasteiger charge is 2.33. The largest absolute Gasteiger partial charge is 0.416 e. The van der Waals surface area contributed by atoms with E-state index >= 15 is 0 Å². The minimum atomic E-state index is -4.56. The van der Waals surface area contributed by atoms with E-state index in [1.165, 1.54) is 7.05 Å². The molecule has 1 aromatic carbocycles. The second-order valence-corrected chi connectivity index (χ2v) is 5.81. The molecular weight excluding hydrogens is 375 g/mol. The zero-order chi connectivity index (χ0) is 18.6. The fourth-order valence-electron chi connectivity index (χ4n) is 2.17. The fourth-order valence-corrected chi connectivity index (χ4v) is 2.52. The summed E-state index contributed by atoms with van der Waals surface area (Å²) in [6.07, 6.45) is -3.55. The number of hydrogen-bond acceptors (Lipinski definition) is 3. The van der Waals surface area contributed by atoms with Crippen LogP contribution in [0.2, 0.25) is 5.02 Å². The van der Waals surface area contributed by atoms with E-state index in [1.54, 1.807) is 24.3 Å². The number of nitrogens with one attached hydrogen (secondary N) is 2. The molecule has 1 unspecified atom stereocenters. The van der Waals surface area contributed by atoms with E-state index < -0.39 is 23.6 Å². The van der Waals surface area contributed by atoms with Gasteiger partial charge in [0.25, 0.3) is 0 Å². The quantitative estimate of drug-likeness (QED) is 0.791. The van der Waals surface area contributed by atoms with Crippen molar-refractivity contribution >= 4 is 34.8 Å². The van der Waals surface area contributed by atoms with Gasteiger partial charge in [0.05, 0.1) is 11.3 Å². The number of carbonyl (C=O) groups is 1. The van der Waals surface area contributed by atoms with E-state index in [0.717, 1.165) is 18.3 Å². The van der Waals surface area contributed by atoms with Gasteiger partial charge in [0, 0.05) is 18.3 Å². The predicted octanol–water partition coefficient (Wildman–Crippen LogP) is 3.51. The molecule has 2 rings (SSSR count). The SMILES string of the molecule is CNC(=S)NC(=O)C(c1cc(C(F)(F)F)ccn1)c1ccccc1Cl. The van der Waals surface area contributed by atoms with Crippen LogP contribution in [0.25, 0.3) is 0 Å². The van der Waals surface area contributed by atoms with E-state index in [0.29, 0.717) is 5.56 Å². The number of thiocarbonyl (C=S) groups is 1. The molecule has 132 valence electrons. The molecule has 0 spiro atoms. The monoisotopic (exact) mass is 387 g/mol. The summed E-state index contributed by atoms with van der Waals surface area (Å²) in [5.74, 6) is -1.79. The number of rotatable bonds is 3. The lowest BCUT2D eigenvalue weighted by Gasteiger charge is -2.19. The van der Waals surface area contributed by atoms with Crippen LogP contribution in [0.15, 0.2) is 42.6 Å². The lowest BCUT2D eigenvalue weighted by atomic mass is 9.93. The van der Waals surface area contributed by atoms with Gasteiger partial charge in [-0.25, -0.2) is 0 Å². The number of nitrogens with zero attached hydrogens (tertiary/aromatic N) is 1. The predicted molar refractivity (Wildman–Crippen MR) is 92.3 cm³/mol. The minimum Gasteiger partial charge on any atom is -0.365 e. The Morgan fingerprint density at radius 2 is 1.96 bits per heavy atom. The lowest BCUT2D eigenvalue weighted by molar-refractivity contribution is -0.137. The second kappa shape index (κ2) is 7.79. The highest BCUT2D eigenvalue weighted by atomic mass is 35.5. The summed E-state index contributed by atoms with van der Waals surface area (Å²) in [6, 6.07) is 8.04. The number of pyridine rings is 1. The Kier molecular flexibility index (Phi) is 5.97. The molecule has 0 bridgehead atoms. The van der Waals surface area contributed by atoms with Crippen LogP contribution in [0.3, 0.4) is 0 Å². The Labute approximate surface area is 152 Å². The van der Waals surface area contributed by atoms with Crippen molar-refractivity contribution in [3.8, 4) is 0 Å². The van der Waals surface area contributed by atoms with Crippen molar-refractivity contribution in [2.24, 2.45) is 0 Å². The number of alkyl halides is 3. The van der Waals surface area contributed by atoms with Crippen LogP contribution in [0.4, 0.5) is 13.2 Å². The molecular formula is C16H13ClF3N3OS. The van der Waals surface area contributed by atoms with Gasteiger partial charge in [0.15, 0.2) is 5.11 Å². The average Bonchev–Trinajstić information content (AvgIpc) is 2.56. The molecule has 1 aromatic heterocycles. The molecule has 0 aliphatic carbocycles. The normalized spacial score (nSPS) is 12.4. The van der Waals surface area contributed by atoms with Crippen LogP contribution >= 0.6 is 23.8 Å². The zero-order valence-electron chi connectivity index (χ0n) is 12.9. The maximum atomic E-state index is 13.0. The van der Waals surface area contributed by atoms with Crippen molar-refractivity contribution in [1.82, 2.24) is 15.6 Å². The zero-order valence-corrected chi connectivity index (χ0v) is 14.5. The highest BCUT2D eigenvalue weighted by molar-refractivity contribution is 7.80. The summed E-state index contributed by atoms with van der Waals surface area (Å²) in [4.78, 5) is 16.5. The van der Waals surface area contributed by atoms with E-state index in [1.807, 2.05) is 0 Å². The molecule has 2 aromatic rings. The van der Waals surface area contributed by atoms with E-state index in [4.69, 9.17) is 23.8 Å². The molecule has 4 nitrogen and oxygen atoms in total. The van der Waals surface area contributed by atoms with Gasteiger partial charge < -0.3 is 10.6 Å². The Morgan fingerprint density at radius 1 is 1.28 bits per heavy atom. The number of amides is 1. The summed E-state index contributed by atoms with van der Waals surface area (Å²) >= 11 is 11.0. The molecule has 0 saturated carbocycles. The minimum absolute atomic E-state index is 0.0361. The van der Waals surface area contributed by atoms with Gasteiger partial charge in [-0.05, 0) is 36.0 Å². The number of carbonyl (C=O) groups excluding carboxylic acids is 1. The highest BCUT2D eigenvalue weighted by Crippen LogP contribution is 2.34. The Balaban J connectivity index is 2.54. The first kappa shape index (κ1) is 19.1. The maximum absolute atomic E-state index is 13.0. The number of halogens is 4. The molecule has 0 aliphatic rings. The Hall–Kier alpha value is -2.19. The number of hydrogen-bond donors (Lipinski definition) is 2. The second-order valence-electron chi connectivity index (χ2n) is 4.99. The molecule has 1 atom stereocenters. The van der Waals surface area contributed by atoms with Gasteiger partial charge in [0.2, 0.25) is 5.91 Å². The van der Waals surface area contributed by atoms with Crippen LogP contribution in [0.1, 0.15) is 22.7 Å². The van der Waals surface area contributed by atoms with E-state index in [2.05, 4.69) is 15.6 Å². The van der Waals surface area contributed by atoms with Gasteiger partial charge in [-0.3, -0.25) is 9.78 Å². The summed E-state index contributed by atoms with van der Waals surface area (Å²) in [5, 5.41) is 5.25. The number of aromatic nitrogens is 1. The molecule has 0 fully saturated rings. The smallest absolute Gasteiger partial charge is 0.365 e. The van der Waals surface area contributed by atoms with Crippen molar-refractivity contribution < 1.29 is 18.0 Å². The molecule has 25 heavy (non-hydrogen) atoms. The topological polar surface area (TPSA) is 54.0 Å². The van der Waals surface area contributed by atoms with Crippen molar-refractivity contribution in [3.63, 3.8) is 0 Å². The molecule has 1 heterocycles. The molecule has 0 radical (unpaired) electrons. The fraction of sp³-hybridized carbons (Fsp3) is 0.188. The van der Waals surface area contributed by atoms with Gasteiger partial charge in [-0.1, -0.05) is 29.8 Å². The summed E-state index contributed by atoms with van der Waals surface area (Å²) in [7, 11) is 1.51. The maximum Gasteiger partial charge on any atom is 0.416 e. The molecule has 1 amide bonds. The molecule has 9 heteroatoms. The molecule has 0 aliphatic heterocycles. The summed E-state index contributed by atoms with van der Waals surface area (Å²) < 4.78 is 39.0. The third-order valence-electron chi connectivity index (χ3n) is 3.35. The Bertz CT molecular complexity index is 798. The first-order chi connectivity index (χ1) is 11.7. The van der Waals surface area contributed by atoms with Crippen LogP contribution in [0.5, 0.6) is 0 Å². The standard InChI is InChI=1S/C16H13ClF3N3OS/c1-21-15(25)23-14(24)13(10-4-2-3-5-11(10)17)12-8-9(6-7-22-12)16(18,19)20/h2-8,13H,1H3,(H2,21,23,24,25). The van der Waals surface area contributed by atoms with Crippen LogP contribution < -0.4 is 10.6 Å². The van der Waals surface area contributed by atoms with Crippen LogP contribution in [-0.4, -0.2) is 23.1 Å². The van der Waals surface area contributed by atoms with E-state index in [-0.39, 0.29) is 15.8 Å². The van der Waals surface area contributed by atoms with Gasteiger partial charge in [0.1, 0.15) is 5.92 Å². The van der Waals surface area contributed by atoms with Gasteiger partial charge in [-0.15, -0.1) is 0 Å². The third kappa shape index (κ3) is 4.67. The summed E-state index contributed by atoms with van der Waals surface area (Å²) in [6.45, 7) is 0. The van der Waals surface area contributed by atoms with Crippen molar-refractivity contribution in [2.75, 3.05) is 7.05 Å². The summed E-state index contributed by atoms with van der Waals surface area (Å²) in [5.41, 5.74) is -0.662. The van der Waals surface area contributed by atoms with Gasteiger partial charge in [-0.2, -0.15) is 13.2 Å². The number of benzene rings is 1. The Morgan fingerprint density at radius 3 is 2.56 bits per heavy atom. The van der Waals surface area contributed by atoms with E-state index in [9.17, 15) is 18.0 Å². The van der Waals surface area contributed by atoms with Crippen LogP contribution in [0, 0.1) is 0 Å². The van der Waals surface area contributed by atoms with Crippen LogP contribution in [-0.2, 0) is 11.0 Å². The first-order valence-electron chi connectivity index (χ1n) is 7.04. The van der Waals surface area contributed by atoms with Crippen molar-refractivity contribution in [3.05, 3.63) is 64.4 Å². The average molecular weight is 388 g/mol.